The third-order valence-electron chi connectivity index (χ3n) is 5.08. The molecule has 0 radical (unpaired) electrons. The van der Waals surface area contributed by atoms with Crippen LogP contribution in [0.3, 0.4) is 0 Å². The maximum Gasteiger partial charge on any atom is 0.341 e. The van der Waals surface area contributed by atoms with Crippen LogP contribution >= 0.6 is 0 Å². The number of carbonyl (C=O) groups is 2. The van der Waals surface area contributed by atoms with E-state index in [0.29, 0.717) is 0 Å². The summed E-state index contributed by atoms with van der Waals surface area (Å²) >= 11 is 0. The Hall–Kier alpha value is -3.31. The Morgan fingerprint density at radius 3 is 1.94 bits per heavy atom. The van der Waals surface area contributed by atoms with Gasteiger partial charge >= 0.3 is 11.9 Å². The van der Waals surface area contributed by atoms with Gasteiger partial charge in [0.2, 0.25) is 10.0 Å². The van der Waals surface area contributed by atoms with Gasteiger partial charge in [-0.2, -0.15) is 4.31 Å². The Bertz CT molecular complexity index is 1130. The predicted molar refractivity (Wildman–Crippen MR) is 112 cm³/mol. The van der Waals surface area contributed by atoms with Crippen LogP contribution < -0.4 is 0 Å². The lowest BCUT2D eigenvalue weighted by Gasteiger charge is -2.15. The third-order valence-corrected chi connectivity index (χ3v) is 6.97. The number of nitro benzene ring substituents is 1. The van der Waals surface area contributed by atoms with Gasteiger partial charge in [0.1, 0.15) is 0 Å². The molecule has 1 aliphatic rings. The van der Waals surface area contributed by atoms with Crippen molar-refractivity contribution >= 4 is 27.6 Å². The van der Waals surface area contributed by atoms with E-state index in [1.807, 2.05) is 0 Å². The average Bonchev–Trinajstić information content (AvgIpc) is 3.47. The lowest BCUT2D eigenvalue weighted by Crippen LogP contribution is -2.43. The number of rotatable bonds is 8. The summed E-state index contributed by atoms with van der Waals surface area (Å²) in [5, 5.41) is 11.0. The van der Waals surface area contributed by atoms with Gasteiger partial charge in [0.25, 0.3) is 11.2 Å². The highest BCUT2D eigenvalue weighted by Gasteiger charge is 2.80. The topological polar surface area (TPSA) is 133 Å². The molecule has 0 aliphatic carbocycles. The normalized spacial score (nSPS) is 19.1. The molecule has 32 heavy (non-hydrogen) atoms. The maximum absolute atomic E-state index is 13.5. The summed E-state index contributed by atoms with van der Waals surface area (Å²) in [5.41, 5.74) is -1.46. The van der Waals surface area contributed by atoms with Crippen LogP contribution in [-0.2, 0) is 29.1 Å². The van der Waals surface area contributed by atoms with Crippen LogP contribution in [0.2, 0.25) is 0 Å². The summed E-state index contributed by atoms with van der Waals surface area (Å²) in [6.45, 7) is 4.66. The summed E-state index contributed by atoms with van der Waals surface area (Å²) in [5.74, 6) is -2.14. The van der Waals surface area contributed by atoms with Gasteiger partial charge in [0.05, 0.1) is 29.1 Å². The number of carbonyl (C=O) groups excluding carboxylic acids is 2. The molecular weight excluding hydrogens is 440 g/mol. The Balaban J connectivity index is 2.19. The van der Waals surface area contributed by atoms with Gasteiger partial charge < -0.3 is 9.47 Å². The van der Waals surface area contributed by atoms with Crippen LogP contribution in [0.5, 0.6) is 0 Å². The van der Waals surface area contributed by atoms with Gasteiger partial charge in [-0.3, -0.25) is 10.1 Å². The summed E-state index contributed by atoms with van der Waals surface area (Å²) in [7, 11) is -4.34. The van der Waals surface area contributed by atoms with E-state index < -0.39 is 38.5 Å². The molecule has 2 aromatic rings. The minimum Gasteiger partial charge on any atom is -0.464 e. The van der Waals surface area contributed by atoms with Crippen LogP contribution in [0, 0.1) is 17.0 Å². The van der Waals surface area contributed by atoms with Crippen LogP contribution in [0.4, 0.5) is 5.69 Å². The number of hydrogen-bond donors (Lipinski definition) is 0. The number of non-ortho nitro benzene ring substituents is 1. The minimum atomic E-state index is -4.34. The molecular formula is C21H22N2O8S. The molecule has 2 atom stereocenters. The molecule has 0 saturated carbocycles. The van der Waals surface area contributed by atoms with Crippen LogP contribution in [0.25, 0.3) is 0 Å². The van der Waals surface area contributed by atoms with Gasteiger partial charge in [0, 0.05) is 12.1 Å². The molecule has 0 aromatic heterocycles. The van der Waals surface area contributed by atoms with Crippen molar-refractivity contribution in [1.82, 2.24) is 4.31 Å². The van der Waals surface area contributed by atoms with Crippen LogP contribution in [-0.4, -0.2) is 48.3 Å². The Labute approximate surface area is 184 Å². The van der Waals surface area contributed by atoms with Gasteiger partial charge in [-0.05, 0) is 38.5 Å². The fourth-order valence-electron chi connectivity index (χ4n) is 3.54. The highest BCUT2D eigenvalue weighted by Crippen LogP contribution is 2.58. The quantitative estimate of drug-likeness (QED) is 0.192. The number of sulfonamides is 1. The molecule has 0 bridgehead atoms. The number of aryl methyl sites for hydroxylation is 1. The van der Waals surface area contributed by atoms with Crippen LogP contribution in [0.15, 0.2) is 53.4 Å². The van der Waals surface area contributed by atoms with Gasteiger partial charge in [-0.15, -0.1) is 0 Å². The molecule has 3 rings (SSSR count). The summed E-state index contributed by atoms with van der Waals surface area (Å²) < 4.78 is 37.9. The van der Waals surface area contributed by atoms with E-state index in [9.17, 15) is 28.1 Å². The summed E-state index contributed by atoms with van der Waals surface area (Å²) in [6.07, 6.45) is 0. The third kappa shape index (κ3) is 3.73. The maximum atomic E-state index is 13.5. The number of nitro groups is 1. The molecule has 1 heterocycles. The lowest BCUT2D eigenvalue weighted by atomic mass is 9.99. The first kappa shape index (κ1) is 23.4. The molecule has 0 N–H and O–H groups in total. The largest absolute Gasteiger partial charge is 0.464 e. The van der Waals surface area contributed by atoms with Crippen molar-refractivity contribution in [2.75, 3.05) is 13.2 Å². The summed E-state index contributed by atoms with van der Waals surface area (Å²) in [6, 6.07) is 9.60. The zero-order valence-electron chi connectivity index (χ0n) is 17.7. The van der Waals surface area contributed by atoms with Crippen molar-refractivity contribution in [3.63, 3.8) is 0 Å². The van der Waals surface area contributed by atoms with E-state index in [2.05, 4.69) is 0 Å². The van der Waals surface area contributed by atoms with Gasteiger partial charge in [-0.1, -0.05) is 29.8 Å². The molecule has 0 spiro atoms. The van der Waals surface area contributed by atoms with Crippen molar-refractivity contribution in [3.8, 4) is 0 Å². The highest BCUT2D eigenvalue weighted by molar-refractivity contribution is 7.89. The second-order valence-electron chi connectivity index (χ2n) is 7.07. The Morgan fingerprint density at radius 2 is 1.50 bits per heavy atom. The highest BCUT2D eigenvalue weighted by atomic mass is 32.2. The van der Waals surface area contributed by atoms with Crippen molar-refractivity contribution < 1.29 is 32.4 Å². The molecule has 170 valence electrons. The molecule has 1 aliphatic heterocycles. The second-order valence-corrected chi connectivity index (χ2v) is 8.89. The first-order valence-corrected chi connectivity index (χ1v) is 11.3. The van der Waals surface area contributed by atoms with Gasteiger partial charge in [0.15, 0.2) is 0 Å². The van der Waals surface area contributed by atoms with Crippen molar-refractivity contribution in [2.45, 2.75) is 37.2 Å². The van der Waals surface area contributed by atoms with E-state index >= 15 is 0 Å². The number of nitrogens with zero attached hydrogens (tertiary/aromatic N) is 2. The van der Waals surface area contributed by atoms with E-state index in [1.165, 1.54) is 50.2 Å². The van der Waals surface area contributed by atoms with E-state index in [-0.39, 0.29) is 29.4 Å². The van der Waals surface area contributed by atoms with Crippen molar-refractivity contribution in [2.24, 2.45) is 0 Å². The molecule has 11 heteroatoms. The Morgan fingerprint density at radius 1 is 1.00 bits per heavy atom. The standard InChI is InChI=1S/C21H22N2O8S/c1-4-30-19(24)21(20(25)31-5-2)18(15-8-10-16(11-9-15)23(26)27)22(21)32(28,29)17-12-6-14(3)7-13-17/h6-13,18H,4-5H2,1-3H3. The van der Waals surface area contributed by atoms with E-state index in [0.717, 1.165) is 9.87 Å². The minimum absolute atomic E-state index is 0.0919. The molecule has 2 unspecified atom stereocenters. The Kier molecular flexibility index (Phi) is 6.33. The first-order valence-electron chi connectivity index (χ1n) is 9.82. The number of benzene rings is 2. The first-order chi connectivity index (χ1) is 15.1. The zero-order chi connectivity index (χ0) is 23.7. The fourth-order valence-corrected chi connectivity index (χ4v) is 5.38. The monoisotopic (exact) mass is 462 g/mol. The number of hydrogen-bond acceptors (Lipinski definition) is 8. The van der Waals surface area contributed by atoms with Crippen molar-refractivity contribution in [1.29, 1.82) is 0 Å². The zero-order valence-corrected chi connectivity index (χ0v) is 18.5. The molecule has 1 saturated heterocycles. The van der Waals surface area contributed by atoms with E-state index in [1.54, 1.807) is 19.1 Å². The number of ether oxygens (including phenoxy) is 2. The smallest absolute Gasteiger partial charge is 0.341 e. The number of esters is 2. The molecule has 10 nitrogen and oxygen atoms in total. The lowest BCUT2D eigenvalue weighted by molar-refractivity contribution is -0.384. The summed E-state index contributed by atoms with van der Waals surface area (Å²) in [4.78, 5) is 36.3. The van der Waals surface area contributed by atoms with Crippen molar-refractivity contribution in [3.05, 3.63) is 69.8 Å². The van der Waals surface area contributed by atoms with Gasteiger partial charge in [-0.25, -0.2) is 18.0 Å². The van der Waals surface area contributed by atoms with Crippen LogP contribution in [0.1, 0.15) is 31.0 Å². The molecule has 1 fully saturated rings. The predicted octanol–water partition coefficient (Wildman–Crippen LogP) is 2.51. The fraction of sp³-hybridized carbons (Fsp3) is 0.333. The SMILES string of the molecule is CCOC(=O)C1(C(=O)OCC)C(c2ccc([N+](=O)[O-])cc2)N1S(=O)(=O)c1ccc(C)cc1. The second kappa shape index (κ2) is 8.67. The van der Waals surface area contributed by atoms with E-state index in [4.69, 9.17) is 9.47 Å². The average molecular weight is 462 g/mol. The molecule has 2 aromatic carbocycles. The molecule has 0 amide bonds.